The first-order valence-electron chi connectivity index (χ1n) is 7.06. The molecule has 6 heteroatoms. The van der Waals surface area contributed by atoms with Gasteiger partial charge in [-0.25, -0.2) is 4.79 Å². The Labute approximate surface area is 133 Å². The van der Waals surface area contributed by atoms with E-state index in [2.05, 4.69) is 4.98 Å². The van der Waals surface area contributed by atoms with E-state index in [4.69, 9.17) is 0 Å². The number of aromatic nitrogens is 1. The van der Waals surface area contributed by atoms with Gasteiger partial charge in [0.1, 0.15) is 0 Å². The highest BCUT2D eigenvalue weighted by molar-refractivity contribution is 7.41. The van der Waals surface area contributed by atoms with Crippen LogP contribution in [0.4, 0.5) is 0 Å². The van der Waals surface area contributed by atoms with Crippen molar-refractivity contribution in [2.75, 3.05) is 0 Å². The molecule has 23 heavy (non-hydrogen) atoms. The number of aromatic amines is 1. The van der Waals surface area contributed by atoms with Gasteiger partial charge in [-0.1, -0.05) is 42.5 Å². The standard InChI is InChI=1S/C17H14NO4P/c19-16(20)17(23(21)22,13-6-2-1-3-7-13)11-12-5-4-8-15-14(12)9-10-18-15/h1-10,18H,11H2,(H-,19,20,21,22)/p+1. The maximum Gasteiger partial charge on any atom is 0.529 e. The summed E-state index contributed by atoms with van der Waals surface area (Å²) in [5, 5.41) is 8.76. The molecule has 3 aromatic rings. The average Bonchev–Trinajstić information content (AvgIpc) is 3.02. The maximum absolute atomic E-state index is 12.1. The molecule has 2 atom stereocenters. The van der Waals surface area contributed by atoms with Crippen LogP contribution in [0.15, 0.2) is 60.8 Å². The summed E-state index contributed by atoms with van der Waals surface area (Å²) < 4.78 is 12.1. The first-order chi connectivity index (χ1) is 11.1. The highest BCUT2D eigenvalue weighted by atomic mass is 31.1. The molecule has 0 aliphatic carbocycles. The monoisotopic (exact) mass is 328 g/mol. The third kappa shape index (κ3) is 2.54. The van der Waals surface area contributed by atoms with E-state index in [0.29, 0.717) is 11.1 Å². The number of fused-ring (bicyclic) bond motifs is 1. The Morgan fingerprint density at radius 1 is 1.09 bits per heavy atom. The molecule has 116 valence electrons. The van der Waals surface area contributed by atoms with Crippen LogP contribution in [0, 0.1) is 0 Å². The lowest BCUT2D eigenvalue weighted by molar-refractivity contribution is -0.140. The lowest BCUT2D eigenvalue weighted by atomic mass is 9.89. The van der Waals surface area contributed by atoms with Crippen LogP contribution in [-0.2, 0) is 20.9 Å². The predicted octanol–water partition coefficient (Wildman–Crippen LogP) is 3.43. The number of carboxylic acids is 1. The summed E-state index contributed by atoms with van der Waals surface area (Å²) in [6, 6.07) is 15.5. The summed E-state index contributed by atoms with van der Waals surface area (Å²) in [5.74, 6) is -1.31. The Kier molecular flexibility index (Phi) is 3.99. The Hall–Kier alpha value is -2.49. The van der Waals surface area contributed by atoms with E-state index in [1.165, 1.54) is 0 Å². The Morgan fingerprint density at radius 3 is 2.48 bits per heavy atom. The molecule has 5 nitrogen and oxygen atoms in total. The summed E-state index contributed by atoms with van der Waals surface area (Å²) in [6.07, 6.45) is 1.70. The Bertz CT molecular complexity index is 858. The van der Waals surface area contributed by atoms with E-state index < -0.39 is 19.2 Å². The summed E-state index contributed by atoms with van der Waals surface area (Å²) in [6.45, 7) is 0. The van der Waals surface area contributed by atoms with Crippen LogP contribution in [0.2, 0.25) is 0 Å². The molecule has 0 amide bonds. The molecule has 0 aliphatic rings. The summed E-state index contributed by atoms with van der Waals surface area (Å²) >= 11 is 0. The fourth-order valence-electron chi connectivity index (χ4n) is 2.86. The highest BCUT2D eigenvalue weighted by Crippen LogP contribution is 2.48. The van der Waals surface area contributed by atoms with Crippen LogP contribution < -0.4 is 0 Å². The van der Waals surface area contributed by atoms with Gasteiger partial charge in [-0.15, -0.1) is 0 Å². The number of carbonyl (C=O) groups is 1. The zero-order valence-corrected chi connectivity index (χ0v) is 13.0. The molecular weight excluding hydrogens is 313 g/mol. The van der Waals surface area contributed by atoms with Gasteiger partial charge in [-0.3, -0.25) is 0 Å². The summed E-state index contributed by atoms with van der Waals surface area (Å²) in [5.41, 5.74) is 1.90. The average molecular weight is 328 g/mol. The van der Waals surface area contributed by atoms with E-state index in [1.54, 1.807) is 48.7 Å². The molecular formula is C17H15NO4P+. The van der Waals surface area contributed by atoms with Gasteiger partial charge in [-0.2, -0.15) is 4.89 Å². The van der Waals surface area contributed by atoms with Crippen LogP contribution in [0.25, 0.3) is 10.9 Å². The van der Waals surface area contributed by atoms with Gasteiger partial charge in [0.25, 0.3) is 0 Å². The van der Waals surface area contributed by atoms with Gasteiger partial charge in [0.15, 0.2) is 0 Å². The number of carboxylic acid groups (broad SMARTS) is 1. The van der Waals surface area contributed by atoms with Gasteiger partial charge in [0, 0.05) is 29.1 Å². The molecule has 0 bridgehead atoms. The number of rotatable bonds is 5. The van der Waals surface area contributed by atoms with Crippen molar-refractivity contribution in [2.45, 2.75) is 11.6 Å². The molecule has 3 rings (SSSR count). The smallest absolute Gasteiger partial charge is 0.477 e. The number of benzene rings is 2. The zero-order chi connectivity index (χ0) is 16.4. The van der Waals surface area contributed by atoms with E-state index >= 15 is 0 Å². The van der Waals surface area contributed by atoms with E-state index in [-0.39, 0.29) is 6.42 Å². The maximum atomic E-state index is 12.1. The van der Waals surface area contributed by atoms with Crippen LogP contribution in [0.1, 0.15) is 11.1 Å². The Morgan fingerprint density at radius 2 is 1.83 bits per heavy atom. The molecule has 0 fully saturated rings. The minimum Gasteiger partial charge on any atom is -0.477 e. The topological polar surface area (TPSA) is 90.4 Å². The minimum atomic E-state index is -2.99. The third-order valence-electron chi connectivity index (χ3n) is 4.06. The number of hydrogen-bond acceptors (Lipinski definition) is 2. The van der Waals surface area contributed by atoms with Crippen LogP contribution >= 0.6 is 8.03 Å². The number of aliphatic carboxylic acids is 1. The third-order valence-corrected chi connectivity index (χ3v) is 5.32. The first-order valence-corrected chi connectivity index (χ1v) is 8.27. The molecule has 0 aliphatic heterocycles. The van der Waals surface area contributed by atoms with E-state index in [1.807, 2.05) is 12.1 Å². The molecule has 2 aromatic carbocycles. The SMILES string of the molecule is O=C(O)C(Cc1cccc2[nH]ccc12)(c1ccccc1)[P+](=O)O. The van der Waals surface area contributed by atoms with E-state index in [9.17, 15) is 19.4 Å². The number of hydrogen-bond donors (Lipinski definition) is 3. The number of H-pyrrole nitrogens is 1. The van der Waals surface area contributed by atoms with Gasteiger partial charge >= 0.3 is 19.2 Å². The lowest BCUT2D eigenvalue weighted by Gasteiger charge is -2.18. The molecule has 0 saturated heterocycles. The van der Waals surface area contributed by atoms with Gasteiger partial charge in [0.2, 0.25) is 0 Å². The first kappa shape index (κ1) is 15.4. The minimum absolute atomic E-state index is 0.0623. The molecule has 0 spiro atoms. The fourth-order valence-corrected chi connectivity index (χ4v) is 3.69. The molecule has 0 radical (unpaired) electrons. The lowest BCUT2D eigenvalue weighted by Crippen LogP contribution is -2.34. The number of nitrogens with one attached hydrogen (secondary N) is 1. The second kappa shape index (κ2) is 5.95. The normalized spacial score (nSPS) is 14.4. The van der Waals surface area contributed by atoms with Crippen LogP contribution in [-0.4, -0.2) is 21.0 Å². The van der Waals surface area contributed by atoms with Crippen molar-refractivity contribution in [3.05, 3.63) is 71.9 Å². The molecule has 3 N–H and O–H groups in total. The van der Waals surface area contributed by atoms with Crippen molar-refractivity contribution < 1.29 is 19.4 Å². The fraction of sp³-hybridized carbons (Fsp3) is 0.118. The van der Waals surface area contributed by atoms with Crippen molar-refractivity contribution in [1.29, 1.82) is 0 Å². The predicted molar refractivity (Wildman–Crippen MR) is 87.6 cm³/mol. The second-order valence-corrected chi connectivity index (χ2v) is 6.65. The second-order valence-electron chi connectivity index (χ2n) is 5.34. The van der Waals surface area contributed by atoms with Crippen molar-refractivity contribution >= 4 is 24.9 Å². The van der Waals surface area contributed by atoms with Crippen molar-refractivity contribution in [1.82, 2.24) is 4.98 Å². The summed E-state index contributed by atoms with van der Waals surface area (Å²) in [7, 11) is -2.99. The van der Waals surface area contributed by atoms with Gasteiger partial charge in [-0.05, 0) is 22.3 Å². The molecule has 2 unspecified atom stereocenters. The van der Waals surface area contributed by atoms with E-state index in [0.717, 1.165) is 10.9 Å². The quantitative estimate of drug-likeness (QED) is 0.626. The highest BCUT2D eigenvalue weighted by Gasteiger charge is 2.58. The Balaban J connectivity index is 2.19. The van der Waals surface area contributed by atoms with Crippen molar-refractivity contribution in [2.24, 2.45) is 0 Å². The molecule has 1 aromatic heterocycles. The van der Waals surface area contributed by atoms with Crippen LogP contribution in [0.5, 0.6) is 0 Å². The van der Waals surface area contributed by atoms with Gasteiger partial charge in [0.05, 0.1) is 0 Å². The zero-order valence-electron chi connectivity index (χ0n) is 12.1. The molecule has 0 saturated carbocycles. The summed E-state index contributed by atoms with van der Waals surface area (Å²) in [4.78, 5) is 24.9. The van der Waals surface area contributed by atoms with Crippen LogP contribution in [0.3, 0.4) is 0 Å². The molecule has 1 heterocycles. The largest absolute Gasteiger partial charge is 0.529 e. The van der Waals surface area contributed by atoms with Gasteiger partial charge < -0.3 is 10.1 Å². The van der Waals surface area contributed by atoms with Crippen molar-refractivity contribution in [3.8, 4) is 0 Å². The van der Waals surface area contributed by atoms with Crippen molar-refractivity contribution in [3.63, 3.8) is 0 Å².